The third-order valence-corrected chi connectivity index (χ3v) is 8.66. The average molecular weight is 319 g/mol. The van der Waals surface area contributed by atoms with Crippen molar-refractivity contribution in [2.45, 2.75) is 91.1 Å². The van der Waals surface area contributed by atoms with Crippen molar-refractivity contribution in [2.24, 2.45) is 34.5 Å². The molecule has 1 unspecified atom stereocenters. The SMILES string of the molecule is CC(=O)O[C@H]1C[C@H]2[C@@H]3CCC[C@@]3(C)CC[C@@H]2[C@@]2(C)CCCCC12. The maximum Gasteiger partial charge on any atom is 0.302 e. The van der Waals surface area contributed by atoms with Gasteiger partial charge in [0.15, 0.2) is 0 Å². The van der Waals surface area contributed by atoms with Crippen LogP contribution in [0.3, 0.4) is 0 Å². The molecule has 4 rings (SSSR count). The van der Waals surface area contributed by atoms with Crippen molar-refractivity contribution in [2.75, 3.05) is 0 Å². The first-order valence-electron chi connectivity index (χ1n) is 10.1. The van der Waals surface area contributed by atoms with Gasteiger partial charge in [0.25, 0.3) is 0 Å². The first-order chi connectivity index (χ1) is 10.9. The van der Waals surface area contributed by atoms with E-state index < -0.39 is 0 Å². The molecule has 0 N–H and O–H groups in total. The lowest BCUT2D eigenvalue weighted by molar-refractivity contribution is -0.182. The molecule has 4 aliphatic carbocycles. The molecule has 0 aliphatic heterocycles. The molecule has 4 aliphatic rings. The fourth-order valence-corrected chi connectivity index (χ4v) is 7.66. The van der Waals surface area contributed by atoms with Gasteiger partial charge in [0.05, 0.1) is 0 Å². The second kappa shape index (κ2) is 5.49. The second-order valence-corrected chi connectivity index (χ2v) is 9.70. The van der Waals surface area contributed by atoms with E-state index in [9.17, 15) is 4.79 Å². The quantitative estimate of drug-likeness (QED) is 0.609. The largest absolute Gasteiger partial charge is 0.462 e. The van der Waals surface area contributed by atoms with E-state index in [0.717, 1.165) is 24.2 Å². The van der Waals surface area contributed by atoms with Gasteiger partial charge in [-0.1, -0.05) is 33.1 Å². The molecular formula is C21H34O2. The minimum atomic E-state index is -0.0635. The van der Waals surface area contributed by atoms with Crippen LogP contribution < -0.4 is 0 Å². The predicted molar refractivity (Wildman–Crippen MR) is 91.9 cm³/mol. The molecule has 7 atom stereocenters. The van der Waals surface area contributed by atoms with E-state index in [2.05, 4.69) is 13.8 Å². The van der Waals surface area contributed by atoms with E-state index in [1.54, 1.807) is 6.92 Å². The molecular weight excluding hydrogens is 284 g/mol. The first-order valence-corrected chi connectivity index (χ1v) is 10.1. The Morgan fingerprint density at radius 2 is 1.70 bits per heavy atom. The maximum absolute atomic E-state index is 11.7. The number of hydrogen-bond donors (Lipinski definition) is 0. The standard InChI is InChI=1S/C21H34O2/c1-14(22)23-19-13-15-16-8-6-10-20(16,2)12-9-17(15)21(3)11-5-4-7-18(19)21/h15-19H,4-13H2,1-3H3/t15-,16-,17-,18?,19-,20-,21+/m0/s1. The van der Waals surface area contributed by atoms with Gasteiger partial charge in [-0.2, -0.15) is 0 Å². The molecule has 23 heavy (non-hydrogen) atoms. The van der Waals surface area contributed by atoms with E-state index in [4.69, 9.17) is 4.74 Å². The van der Waals surface area contributed by atoms with Crippen molar-refractivity contribution in [3.8, 4) is 0 Å². The molecule has 0 bridgehead atoms. The van der Waals surface area contributed by atoms with Crippen LogP contribution in [0, 0.1) is 34.5 Å². The van der Waals surface area contributed by atoms with Crippen LogP contribution in [0.1, 0.15) is 85.0 Å². The Balaban J connectivity index is 1.68. The summed E-state index contributed by atoms with van der Waals surface area (Å²) in [7, 11) is 0. The summed E-state index contributed by atoms with van der Waals surface area (Å²) >= 11 is 0. The zero-order valence-electron chi connectivity index (χ0n) is 15.3. The molecule has 0 amide bonds. The molecule has 0 aromatic heterocycles. The van der Waals surface area contributed by atoms with Crippen molar-refractivity contribution < 1.29 is 9.53 Å². The maximum atomic E-state index is 11.7. The summed E-state index contributed by atoms with van der Waals surface area (Å²) in [4.78, 5) is 11.7. The Hall–Kier alpha value is -0.530. The van der Waals surface area contributed by atoms with Gasteiger partial charge in [-0.3, -0.25) is 4.79 Å². The molecule has 0 heterocycles. The molecule has 0 aromatic carbocycles. The van der Waals surface area contributed by atoms with Crippen LogP contribution in [0.4, 0.5) is 0 Å². The predicted octanol–water partition coefficient (Wildman–Crippen LogP) is 5.35. The van der Waals surface area contributed by atoms with Gasteiger partial charge in [-0.25, -0.2) is 0 Å². The molecule has 0 aromatic rings. The molecule has 4 saturated carbocycles. The Kier molecular flexibility index (Phi) is 3.81. The normalized spacial score (nSPS) is 52.2. The summed E-state index contributed by atoms with van der Waals surface area (Å²) < 4.78 is 5.92. The fourth-order valence-electron chi connectivity index (χ4n) is 7.66. The van der Waals surface area contributed by atoms with E-state index >= 15 is 0 Å². The Morgan fingerprint density at radius 1 is 0.913 bits per heavy atom. The molecule has 0 saturated heterocycles. The smallest absolute Gasteiger partial charge is 0.302 e. The van der Waals surface area contributed by atoms with E-state index in [-0.39, 0.29) is 12.1 Å². The van der Waals surface area contributed by atoms with Gasteiger partial charge < -0.3 is 4.74 Å². The molecule has 0 radical (unpaired) electrons. The van der Waals surface area contributed by atoms with Crippen molar-refractivity contribution in [3.05, 3.63) is 0 Å². The summed E-state index contributed by atoms with van der Waals surface area (Å²) in [6, 6.07) is 0. The monoisotopic (exact) mass is 318 g/mol. The van der Waals surface area contributed by atoms with Gasteiger partial charge in [0, 0.05) is 12.8 Å². The van der Waals surface area contributed by atoms with Gasteiger partial charge >= 0.3 is 5.97 Å². The Morgan fingerprint density at radius 3 is 2.48 bits per heavy atom. The van der Waals surface area contributed by atoms with Crippen LogP contribution in [-0.2, 0) is 9.53 Å². The second-order valence-electron chi connectivity index (χ2n) is 9.70. The zero-order valence-corrected chi connectivity index (χ0v) is 15.3. The number of hydrogen-bond acceptors (Lipinski definition) is 2. The van der Waals surface area contributed by atoms with Crippen molar-refractivity contribution in [1.82, 2.24) is 0 Å². The van der Waals surface area contributed by atoms with Crippen molar-refractivity contribution >= 4 is 5.97 Å². The van der Waals surface area contributed by atoms with Crippen LogP contribution in [-0.4, -0.2) is 12.1 Å². The minimum absolute atomic E-state index is 0.0635. The van der Waals surface area contributed by atoms with E-state index in [1.165, 1.54) is 57.8 Å². The summed E-state index contributed by atoms with van der Waals surface area (Å²) in [5.41, 5.74) is 1.00. The Bertz CT molecular complexity index is 486. The van der Waals surface area contributed by atoms with Crippen LogP contribution in [0.25, 0.3) is 0 Å². The number of carbonyl (C=O) groups is 1. The molecule has 130 valence electrons. The minimum Gasteiger partial charge on any atom is -0.462 e. The summed E-state index contributed by atoms with van der Waals surface area (Å²) in [5, 5.41) is 0. The van der Waals surface area contributed by atoms with Crippen LogP contribution in [0.5, 0.6) is 0 Å². The summed E-state index contributed by atoms with van der Waals surface area (Å²) in [6.07, 6.45) is 13.8. The zero-order chi connectivity index (χ0) is 16.2. The van der Waals surface area contributed by atoms with E-state index in [1.807, 2.05) is 0 Å². The molecule has 2 nitrogen and oxygen atoms in total. The highest BCUT2D eigenvalue weighted by atomic mass is 16.5. The molecule has 4 fully saturated rings. The van der Waals surface area contributed by atoms with Gasteiger partial charge in [-0.05, 0) is 73.5 Å². The third-order valence-electron chi connectivity index (χ3n) is 8.66. The first kappa shape index (κ1) is 16.0. The lowest BCUT2D eigenvalue weighted by Crippen LogP contribution is -2.57. The number of carbonyl (C=O) groups excluding carboxylic acids is 1. The highest BCUT2D eigenvalue weighted by Crippen LogP contribution is 2.66. The topological polar surface area (TPSA) is 26.3 Å². The highest BCUT2D eigenvalue weighted by Gasteiger charge is 2.60. The van der Waals surface area contributed by atoms with Gasteiger partial charge in [0.1, 0.15) is 6.10 Å². The van der Waals surface area contributed by atoms with Gasteiger partial charge in [-0.15, -0.1) is 0 Å². The lowest BCUT2D eigenvalue weighted by atomic mass is 9.45. The number of fused-ring (bicyclic) bond motifs is 5. The van der Waals surface area contributed by atoms with E-state index in [0.29, 0.717) is 16.7 Å². The van der Waals surface area contributed by atoms with Crippen molar-refractivity contribution in [3.63, 3.8) is 0 Å². The van der Waals surface area contributed by atoms with Crippen LogP contribution >= 0.6 is 0 Å². The van der Waals surface area contributed by atoms with Crippen molar-refractivity contribution in [1.29, 1.82) is 0 Å². The average Bonchev–Trinajstić information content (AvgIpc) is 2.88. The van der Waals surface area contributed by atoms with Crippen LogP contribution in [0.15, 0.2) is 0 Å². The molecule has 0 spiro atoms. The van der Waals surface area contributed by atoms with Gasteiger partial charge in [0.2, 0.25) is 0 Å². The Labute approximate surface area is 141 Å². The summed E-state index contributed by atoms with van der Waals surface area (Å²) in [5.74, 6) is 3.13. The highest BCUT2D eigenvalue weighted by molar-refractivity contribution is 5.66. The van der Waals surface area contributed by atoms with Crippen LogP contribution in [0.2, 0.25) is 0 Å². The number of esters is 1. The molecule has 2 heteroatoms. The lowest BCUT2D eigenvalue weighted by Gasteiger charge is -2.61. The third kappa shape index (κ3) is 2.38. The number of ether oxygens (including phenoxy) is 1. The fraction of sp³-hybridized carbons (Fsp3) is 0.952. The number of rotatable bonds is 1. The summed E-state index contributed by atoms with van der Waals surface area (Å²) in [6.45, 7) is 6.71.